The second-order valence-electron chi connectivity index (χ2n) is 2.50. The molecule has 0 atom stereocenters. The van der Waals surface area contributed by atoms with Gasteiger partial charge in [-0.1, -0.05) is 0 Å². The Morgan fingerprint density at radius 3 is 3.27 bits per heavy atom. The maximum atomic E-state index is 8.77. The summed E-state index contributed by atoms with van der Waals surface area (Å²) in [4.78, 5) is 4.20. The monoisotopic (exact) mass is 151 g/mol. The van der Waals surface area contributed by atoms with Gasteiger partial charge in [-0.25, -0.2) is 0 Å². The van der Waals surface area contributed by atoms with Crippen molar-refractivity contribution in [1.82, 2.24) is 4.98 Å². The molecule has 2 heterocycles. The third-order valence-corrected chi connectivity index (χ3v) is 1.75. The zero-order valence-corrected chi connectivity index (χ0v) is 6.08. The van der Waals surface area contributed by atoms with E-state index in [4.69, 9.17) is 9.84 Å². The van der Waals surface area contributed by atoms with Crippen LogP contribution in [0, 0.1) is 0 Å². The second kappa shape index (κ2) is 2.51. The number of nitrogens with zero attached hydrogens (tertiary/aromatic N) is 1. The van der Waals surface area contributed by atoms with Crippen LogP contribution >= 0.6 is 0 Å². The summed E-state index contributed by atoms with van der Waals surface area (Å²) in [6, 6.07) is 3.64. The van der Waals surface area contributed by atoms with Gasteiger partial charge in [0.2, 0.25) is 0 Å². The van der Waals surface area contributed by atoms with Gasteiger partial charge >= 0.3 is 0 Å². The van der Waals surface area contributed by atoms with Gasteiger partial charge in [-0.3, -0.25) is 4.98 Å². The van der Waals surface area contributed by atoms with Crippen molar-refractivity contribution in [2.45, 2.75) is 13.0 Å². The van der Waals surface area contributed by atoms with Gasteiger partial charge in [0.15, 0.2) is 0 Å². The van der Waals surface area contributed by atoms with E-state index in [9.17, 15) is 0 Å². The molecular formula is C8H9NO2. The van der Waals surface area contributed by atoms with Crippen LogP contribution in [0.1, 0.15) is 11.4 Å². The molecule has 0 radical (unpaired) electrons. The lowest BCUT2D eigenvalue weighted by molar-refractivity contribution is 0.276. The zero-order chi connectivity index (χ0) is 7.68. The van der Waals surface area contributed by atoms with Crippen molar-refractivity contribution < 1.29 is 9.84 Å². The van der Waals surface area contributed by atoms with Crippen molar-refractivity contribution in [3.05, 3.63) is 23.5 Å². The molecule has 0 amide bonds. The van der Waals surface area contributed by atoms with Crippen molar-refractivity contribution in [3.63, 3.8) is 0 Å². The minimum Gasteiger partial charge on any atom is -0.491 e. The van der Waals surface area contributed by atoms with Crippen molar-refractivity contribution in [2.24, 2.45) is 0 Å². The Hall–Kier alpha value is -1.09. The Balaban J connectivity index is 2.41. The highest BCUT2D eigenvalue weighted by molar-refractivity contribution is 5.32. The maximum Gasteiger partial charge on any atom is 0.140 e. The molecule has 0 unspecified atom stereocenters. The molecular weight excluding hydrogens is 142 g/mol. The average molecular weight is 151 g/mol. The molecule has 3 heteroatoms. The number of aliphatic hydroxyl groups excluding tert-OH is 1. The van der Waals surface area contributed by atoms with E-state index in [2.05, 4.69) is 4.98 Å². The van der Waals surface area contributed by atoms with Crippen LogP contribution in [0.2, 0.25) is 0 Å². The number of ether oxygens (including phenoxy) is 1. The molecule has 0 saturated heterocycles. The summed E-state index contributed by atoms with van der Waals surface area (Å²) >= 11 is 0. The number of hydrogen-bond acceptors (Lipinski definition) is 3. The Labute approximate surface area is 64.6 Å². The van der Waals surface area contributed by atoms with E-state index in [1.54, 1.807) is 6.07 Å². The molecule has 1 aromatic heterocycles. The number of aliphatic hydroxyl groups is 1. The van der Waals surface area contributed by atoms with Gasteiger partial charge in [-0.2, -0.15) is 0 Å². The molecule has 1 aliphatic heterocycles. The Morgan fingerprint density at radius 2 is 2.45 bits per heavy atom. The van der Waals surface area contributed by atoms with Crippen LogP contribution in [0.5, 0.6) is 5.75 Å². The van der Waals surface area contributed by atoms with E-state index in [0.29, 0.717) is 5.69 Å². The lowest BCUT2D eigenvalue weighted by atomic mass is 10.2. The van der Waals surface area contributed by atoms with E-state index < -0.39 is 0 Å². The normalized spacial score (nSPS) is 14.3. The van der Waals surface area contributed by atoms with Crippen molar-refractivity contribution in [2.75, 3.05) is 6.61 Å². The average Bonchev–Trinajstić information content (AvgIpc) is 2.50. The maximum absolute atomic E-state index is 8.77. The molecule has 11 heavy (non-hydrogen) atoms. The third kappa shape index (κ3) is 1.07. The van der Waals surface area contributed by atoms with Crippen molar-refractivity contribution in [1.29, 1.82) is 0 Å². The molecule has 0 aliphatic carbocycles. The summed E-state index contributed by atoms with van der Waals surface area (Å²) < 4.78 is 5.25. The van der Waals surface area contributed by atoms with Gasteiger partial charge in [-0.05, 0) is 12.1 Å². The van der Waals surface area contributed by atoms with Gasteiger partial charge in [0.25, 0.3) is 0 Å². The topological polar surface area (TPSA) is 42.4 Å². The minimum absolute atomic E-state index is 0.00722. The van der Waals surface area contributed by atoms with Crippen LogP contribution in [0.25, 0.3) is 0 Å². The third-order valence-electron chi connectivity index (χ3n) is 1.75. The van der Waals surface area contributed by atoms with E-state index in [1.165, 1.54) is 0 Å². The van der Waals surface area contributed by atoms with Crippen LogP contribution in [-0.2, 0) is 13.0 Å². The largest absolute Gasteiger partial charge is 0.491 e. The molecule has 3 nitrogen and oxygen atoms in total. The zero-order valence-electron chi connectivity index (χ0n) is 6.08. The fourth-order valence-corrected chi connectivity index (χ4v) is 1.19. The number of hydrogen-bond donors (Lipinski definition) is 1. The molecule has 1 N–H and O–H groups in total. The van der Waals surface area contributed by atoms with Gasteiger partial charge in [0, 0.05) is 6.42 Å². The molecule has 2 rings (SSSR count). The molecule has 0 fully saturated rings. The molecule has 0 aromatic carbocycles. The SMILES string of the molecule is OCc1ccc2c(n1)CCO2. The van der Waals surface area contributed by atoms with Crippen LogP contribution in [0.15, 0.2) is 12.1 Å². The Kier molecular flexibility index (Phi) is 1.51. The summed E-state index contributed by atoms with van der Waals surface area (Å²) in [6.07, 6.45) is 0.864. The summed E-state index contributed by atoms with van der Waals surface area (Å²) in [6.45, 7) is 0.727. The predicted molar refractivity (Wildman–Crippen MR) is 39.4 cm³/mol. The van der Waals surface area contributed by atoms with Crippen molar-refractivity contribution >= 4 is 0 Å². The molecule has 58 valence electrons. The number of pyridine rings is 1. The predicted octanol–water partition coefficient (Wildman–Crippen LogP) is 0.509. The first-order valence-electron chi connectivity index (χ1n) is 3.62. The lowest BCUT2D eigenvalue weighted by Gasteiger charge is -1.98. The fourth-order valence-electron chi connectivity index (χ4n) is 1.19. The number of rotatable bonds is 1. The molecule has 0 saturated carbocycles. The van der Waals surface area contributed by atoms with Crippen LogP contribution in [0.3, 0.4) is 0 Å². The molecule has 0 spiro atoms. The van der Waals surface area contributed by atoms with Gasteiger partial charge in [0.05, 0.1) is 24.6 Å². The highest BCUT2D eigenvalue weighted by Crippen LogP contribution is 2.22. The highest BCUT2D eigenvalue weighted by Gasteiger charge is 2.12. The van der Waals surface area contributed by atoms with Crippen molar-refractivity contribution in [3.8, 4) is 5.75 Å². The highest BCUT2D eigenvalue weighted by atomic mass is 16.5. The summed E-state index contributed by atoms with van der Waals surface area (Å²) in [5, 5.41) is 8.77. The second-order valence-corrected chi connectivity index (χ2v) is 2.50. The first kappa shape index (κ1) is 6.61. The Bertz CT molecular complexity index is 273. The van der Waals surface area contributed by atoms with Crippen LogP contribution in [0.4, 0.5) is 0 Å². The summed E-state index contributed by atoms with van der Waals surface area (Å²) in [5.74, 6) is 0.863. The fraction of sp³-hybridized carbons (Fsp3) is 0.375. The van der Waals surface area contributed by atoms with E-state index in [1.807, 2.05) is 6.07 Å². The molecule has 1 aromatic rings. The molecule has 1 aliphatic rings. The van der Waals surface area contributed by atoms with Crippen LogP contribution < -0.4 is 4.74 Å². The van der Waals surface area contributed by atoms with E-state index >= 15 is 0 Å². The van der Waals surface area contributed by atoms with Gasteiger partial charge in [-0.15, -0.1) is 0 Å². The Morgan fingerprint density at radius 1 is 1.55 bits per heavy atom. The van der Waals surface area contributed by atoms with E-state index in [-0.39, 0.29) is 6.61 Å². The smallest absolute Gasteiger partial charge is 0.140 e. The quantitative estimate of drug-likeness (QED) is 0.635. The molecule has 0 bridgehead atoms. The van der Waals surface area contributed by atoms with E-state index in [0.717, 1.165) is 24.5 Å². The van der Waals surface area contributed by atoms with Gasteiger partial charge in [0.1, 0.15) is 5.75 Å². The summed E-state index contributed by atoms with van der Waals surface area (Å²) in [5.41, 5.74) is 1.69. The number of fused-ring (bicyclic) bond motifs is 1. The standard InChI is InChI=1S/C8H9NO2/c10-5-6-1-2-8-7(9-6)3-4-11-8/h1-2,10H,3-5H2. The first-order valence-corrected chi connectivity index (χ1v) is 3.62. The first-order chi connectivity index (χ1) is 5.40. The van der Waals surface area contributed by atoms with Gasteiger partial charge < -0.3 is 9.84 Å². The minimum atomic E-state index is 0.00722. The lowest BCUT2D eigenvalue weighted by Crippen LogP contribution is -1.91. The summed E-state index contributed by atoms with van der Waals surface area (Å²) in [7, 11) is 0. The van der Waals surface area contributed by atoms with Crippen LogP contribution in [-0.4, -0.2) is 16.7 Å². The number of aromatic nitrogens is 1.